The molecule has 0 aliphatic heterocycles. The molecule has 3 heteroatoms. The molecule has 0 nitrogen and oxygen atoms in total. The van der Waals surface area contributed by atoms with Gasteiger partial charge in [-0.25, -0.2) is 0 Å². The van der Waals surface area contributed by atoms with E-state index < -0.39 is 7.92 Å². The van der Waals surface area contributed by atoms with Crippen LogP contribution in [-0.4, -0.2) is 23.6 Å². The summed E-state index contributed by atoms with van der Waals surface area (Å²) in [5.74, 6) is 0. The summed E-state index contributed by atoms with van der Waals surface area (Å²) in [7, 11) is 1.23. The average Bonchev–Trinajstić information content (AvgIpc) is 2.71. The first-order valence-electron chi connectivity index (χ1n) is 9.41. The molecule has 0 aliphatic carbocycles. The van der Waals surface area contributed by atoms with Gasteiger partial charge in [0.1, 0.15) is 0 Å². The minimum atomic E-state index is -0.797. The Bertz CT molecular complexity index is 1020. The van der Waals surface area contributed by atoms with Crippen LogP contribution in [0, 0.1) is 0 Å². The molecule has 0 aromatic heterocycles. The smallest absolute Gasteiger partial charge is 0.0629 e. The summed E-state index contributed by atoms with van der Waals surface area (Å²) >= 11 is 0. The summed E-state index contributed by atoms with van der Waals surface area (Å²) < 4.78 is 0. The molecule has 0 aliphatic rings. The van der Waals surface area contributed by atoms with Gasteiger partial charge in [0.25, 0.3) is 0 Å². The van der Waals surface area contributed by atoms with E-state index in [0.29, 0.717) is 0 Å². The van der Waals surface area contributed by atoms with Crippen LogP contribution in [0.3, 0.4) is 0 Å². The van der Waals surface area contributed by atoms with E-state index in [1.54, 1.807) is 0 Å². The predicted molar refractivity (Wildman–Crippen MR) is 125 cm³/mol. The van der Waals surface area contributed by atoms with Crippen molar-refractivity contribution in [3.8, 4) is 0 Å². The van der Waals surface area contributed by atoms with Gasteiger partial charge in [-0.1, -0.05) is 102 Å². The number of benzene rings is 4. The molecule has 0 heterocycles. The summed E-state index contributed by atoms with van der Waals surface area (Å²) in [5, 5.41) is 4.00. The number of fused-ring (bicyclic) bond motifs is 1. The molecule has 0 N–H and O–H groups in total. The standard InChI is InChI=1S/C25H24PSi.Cu/c1-26(2)25(20-12-5-3-6-13-20,21-14-7-4-8-15-21)24-22-16-10-9-11-19(22)17-18-23(24)27;/h3-18H,27H2,1-2H3;/p+1. The fourth-order valence-corrected chi connectivity index (χ4v) is 7.45. The monoisotopic (exact) mass is 447 g/mol. The Labute approximate surface area is 183 Å². The van der Waals surface area contributed by atoms with E-state index in [-0.39, 0.29) is 22.2 Å². The molecular formula is C25H25CuPSi+. The fraction of sp³-hybridized carbons (Fsp3) is 0.120. The van der Waals surface area contributed by atoms with Crippen molar-refractivity contribution in [3.63, 3.8) is 0 Å². The Hall–Kier alpha value is -1.69. The minimum Gasteiger partial charge on any atom is -0.0629 e. The van der Waals surface area contributed by atoms with E-state index in [1.165, 1.54) is 32.6 Å². The van der Waals surface area contributed by atoms with E-state index in [9.17, 15) is 0 Å². The van der Waals surface area contributed by atoms with Crippen molar-refractivity contribution in [1.29, 1.82) is 0 Å². The maximum Gasteiger partial charge on any atom is 0.152 e. The SMILES string of the molecule is C[PH+](C)C(c1ccccc1)(c1ccccc1)c1c([SiH2])ccc2ccccc12.[Cu]. The molecule has 0 atom stereocenters. The van der Waals surface area contributed by atoms with Crippen LogP contribution in [-0.2, 0) is 22.2 Å². The van der Waals surface area contributed by atoms with Gasteiger partial charge in [-0.05, 0) is 10.8 Å². The summed E-state index contributed by atoms with van der Waals surface area (Å²) in [5.41, 5.74) is 4.29. The van der Waals surface area contributed by atoms with Crippen LogP contribution < -0.4 is 5.19 Å². The van der Waals surface area contributed by atoms with Crippen LogP contribution in [0.2, 0.25) is 0 Å². The van der Waals surface area contributed by atoms with Gasteiger partial charge in [0.05, 0.1) is 0 Å². The van der Waals surface area contributed by atoms with E-state index in [2.05, 4.69) is 110 Å². The largest absolute Gasteiger partial charge is 0.152 e. The van der Waals surface area contributed by atoms with Crippen LogP contribution in [0.5, 0.6) is 0 Å². The Morgan fingerprint density at radius 3 is 1.68 bits per heavy atom. The third kappa shape index (κ3) is 3.40. The molecule has 144 valence electrons. The van der Waals surface area contributed by atoms with E-state index in [1.807, 2.05) is 10.2 Å². The maximum absolute atomic E-state index is 2.45. The van der Waals surface area contributed by atoms with Crippen molar-refractivity contribution < 1.29 is 17.1 Å². The first kappa shape index (κ1) is 21.0. The van der Waals surface area contributed by atoms with Crippen molar-refractivity contribution in [2.75, 3.05) is 13.3 Å². The predicted octanol–water partition coefficient (Wildman–Crippen LogP) is 4.86. The van der Waals surface area contributed by atoms with Gasteiger partial charge in [0.15, 0.2) is 5.16 Å². The Morgan fingerprint density at radius 2 is 1.14 bits per heavy atom. The Morgan fingerprint density at radius 1 is 0.643 bits per heavy atom. The van der Waals surface area contributed by atoms with Crippen LogP contribution in [0.25, 0.3) is 10.8 Å². The van der Waals surface area contributed by atoms with Crippen LogP contribution >= 0.6 is 7.92 Å². The number of rotatable bonds is 4. The number of hydrogen-bond donors (Lipinski definition) is 0. The Kier molecular flexibility index (Phi) is 6.58. The summed E-state index contributed by atoms with van der Waals surface area (Å²) in [6, 6.07) is 35.6. The van der Waals surface area contributed by atoms with Gasteiger partial charge in [-0.15, -0.1) is 0 Å². The first-order valence-corrected chi connectivity index (χ1v) is 12.6. The van der Waals surface area contributed by atoms with Gasteiger partial charge < -0.3 is 0 Å². The normalized spacial score (nSPS) is 11.4. The zero-order chi connectivity index (χ0) is 18.9. The molecule has 0 saturated carbocycles. The van der Waals surface area contributed by atoms with Crippen molar-refractivity contribution in [1.82, 2.24) is 0 Å². The minimum absolute atomic E-state index is 0. The second-order valence-electron chi connectivity index (χ2n) is 7.30. The average molecular weight is 448 g/mol. The second kappa shape index (κ2) is 8.76. The Balaban J connectivity index is 0.00000225. The zero-order valence-electron chi connectivity index (χ0n) is 16.2. The summed E-state index contributed by atoms with van der Waals surface area (Å²) in [4.78, 5) is 0. The molecule has 4 aromatic carbocycles. The van der Waals surface area contributed by atoms with Crippen LogP contribution in [0.1, 0.15) is 16.7 Å². The van der Waals surface area contributed by atoms with Crippen LogP contribution in [0.4, 0.5) is 0 Å². The summed E-state index contributed by atoms with van der Waals surface area (Å²) in [6.07, 6.45) is 0. The first-order chi connectivity index (χ1) is 13.2. The third-order valence-electron chi connectivity index (χ3n) is 5.55. The topological polar surface area (TPSA) is 0 Å². The molecular weight excluding hydrogens is 423 g/mol. The molecule has 4 rings (SSSR count). The number of hydrogen-bond acceptors (Lipinski definition) is 0. The zero-order valence-corrected chi connectivity index (χ0v) is 19.6. The van der Waals surface area contributed by atoms with Gasteiger partial charge in [0.2, 0.25) is 0 Å². The van der Waals surface area contributed by atoms with E-state index in [4.69, 9.17) is 0 Å². The van der Waals surface area contributed by atoms with Gasteiger partial charge in [-0.2, -0.15) is 0 Å². The van der Waals surface area contributed by atoms with Crippen molar-refractivity contribution >= 4 is 34.1 Å². The second-order valence-corrected chi connectivity index (χ2v) is 10.8. The molecule has 0 bridgehead atoms. The van der Waals surface area contributed by atoms with Crippen molar-refractivity contribution in [2.45, 2.75) is 5.16 Å². The van der Waals surface area contributed by atoms with E-state index >= 15 is 0 Å². The molecule has 0 unspecified atom stereocenters. The molecule has 28 heavy (non-hydrogen) atoms. The van der Waals surface area contributed by atoms with E-state index in [0.717, 1.165) is 0 Å². The van der Waals surface area contributed by atoms with Crippen LogP contribution in [0.15, 0.2) is 97.1 Å². The quantitative estimate of drug-likeness (QED) is 0.238. The molecule has 0 fully saturated rings. The molecule has 2 radical (unpaired) electrons. The fourth-order valence-electron chi connectivity index (χ4n) is 4.42. The molecule has 0 amide bonds. The van der Waals surface area contributed by atoms with Gasteiger partial charge in [0, 0.05) is 65.3 Å². The van der Waals surface area contributed by atoms with Crippen molar-refractivity contribution in [3.05, 3.63) is 114 Å². The summed E-state index contributed by atoms with van der Waals surface area (Å²) in [6.45, 7) is 4.91. The van der Waals surface area contributed by atoms with Crippen molar-refractivity contribution in [2.24, 2.45) is 0 Å². The third-order valence-corrected chi connectivity index (χ3v) is 8.47. The molecule has 0 saturated heterocycles. The molecule has 4 aromatic rings. The molecule has 0 spiro atoms. The van der Waals surface area contributed by atoms with Gasteiger partial charge >= 0.3 is 0 Å². The van der Waals surface area contributed by atoms with Gasteiger partial charge in [-0.3, -0.25) is 0 Å². The maximum atomic E-state index is 2.45.